The van der Waals surface area contributed by atoms with Crippen molar-refractivity contribution in [3.8, 4) is 0 Å². The Labute approximate surface area is 107 Å². The molecule has 1 aliphatic heterocycles. The van der Waals surface area contributed by atoms with Gasteiger partial charge in [-0.15, -0.1) is 10.2 Å². The summed E-state index contributed by atoms with van der Waals surface area (Å²) in [4.78, 5) is 22.3. The number of nitrogens with zero attached hydrogens (tertiary/aromatic N) is 3. The number of hydrogen-bond acceptors (Lipinski definition) is 6. The second kappa shape index (κ2) is 5.25. The molecule has 1 unspecified atom stereocenters. The molecule has 1 aromatic heterocycles. The van der Waals surface area contributed by atoms with E-state index in [4.69, 9.17) is 10.8 Å². The number of nitrogen functional groups attached to an aromatic ring is 1. The molecule has 2 heterocycles. The molecular weight excluding hydrogens is 258 g/mol. The fraction of sp³-hybridized carbons (Fsp3) is 0.556. The molecule has 1 fully saturated rings. The minimum Gasteiger partial charge on any atom is -0.481 e. The number of thioether (sulfide) groups is 1. The highest BCUT2D eigenvalue weighted by Crippen LogP contribution is 2.27. The summed E-state index contributed by atoms with van der Waals surface area (Å²) in [6.07, 6.45) is 1.49. The standard InChI is InChI=1S/C9H13N5O3S/c10-8-12-13-9(18-4-6(15)16)14(8)5-2-1-3-11-7(5)17/h5H,1-4H2,(H2,10,12)(H,11,17)(H,15,16). The molecule has 18 heavy (non-hydrogen) atoms. The molecule has 0 saturated carbocycles. The van der Waals surface area contributed by atoms with E-state index in [1.165, 1.54) is 4.57 Å². The number of carboxylic acids is 1. The molecule has 0 aliphatic carbocycles. The third-order valence-corrected chi connectivity index (χ3v) is 3.51. The summed E-state index contributed by atoms with van der Waals surface area (Å²) >= 11 is 1.00. The van der Waals surface area contributed by atoms with Crippen LogP contribution in [0.1, 0.15) is 18.9 Å². The van der Waals surface area contributed by atoms with Crippen molar-refractivity contribution in [3.63, 3.8) is 0 Å². The minimum absolute atomic E-state index is 0.130. The zero-order chi connectivity index (χ0) is 13.1. The Morgan fingerprint density at radius 1 is 1.61 bits per heavy atom. The molecule has 1 amide bonds. The first-order valence-electron chi connectivity index (χ1n) is 5.42. The maximum Gasteiger partial charge on any atom is 0.313 e. The van der Waals surface area contributed by atoms with E-state index in [-0.39, 0.29) is 17.6 Å². The van der Waals surface area contributed by atoms with Crippen LogP contribution >= 0.6 is 11.8 Å². The van der Waals surface area contributed by atoms with Crippen LogP contribution in [0.15, 0.2) is 5.16 Å². The van der Waals surface area contributed by atoms with E-state index < -0.39 is 12.0 Å². The highest BCUT2D eigenvalue weighted by molar-refractivity contribution is 7.99. The lowest BCUT2D eigenvalue weighted by atomic mass is 10.1. The molecule has 4 N–H and O–H groups in total. The summed E-state index contributed by atoms with van der Waals surface area (Å²) in [5, 5.41) is 19.3. The second-order valence-corrected chi connectivity index (χ2v) is 4.78. The van der Waals surface area contributed by atoms with E-state index in [1.54, 1.807) is 0 Å². The van der Waals surface area contributed by atoms with Crippen molar-refractivity contribution in [2.24, 2.45) is 0 Å². The largest absolute Gasteiger partial charge is 0.481 e. The fourth-order valence-corrected chi connectivity index (χ4v) is 2.52. The molecule has 1 aliphatic rings. The van der Waals surface area contributed by atoms with E-state index in [9.17, 15) is 9.59 Å². The summed E-state index contributed by atoms with van der Waals surface area (Å²) in [5.41, 5.74) is 5.69. The van der Waals surface area contributed by atoms with Crippen molar-refractivity contribution in [3.05, 3.63) is 0 Å². The summed E-state index contributed by atoms with van der Waals surface area (Å²) in [5.74, 6) is -1.11. The van der Waals surface area contributed by atoms with Crippen LogP contribution < -0.4 is 11.1 Å². The number of carbonyl (C=O) groups excluding carboxylic acids is 1. The van der Waals surface area contributed by atoms with Gasteiger partial charge in [0.1, 0.15) is 6.04 Å². The average Bonchev–Trinajstić information content (AvgIpc) is 2.69. The number of rotatable bonds is 4. The van der Waals surface area contributed by atoms with E-state index >= 15 is 0 Å². The number of anilines is 1. The van der Waals surface area contributed by atoms with E-state index in [2.05, 4.69) is 15.5 Å². The van der Waals surface area contributed by atoms with Crippen LogP contribution in [0, 0.1) is 0 Å². The lowest BCUT2D eigenvalue weighted by Crippen LogP contribution is -2.38. The molecule has 9 heteroatoms. The molecule has 0 aromatic carbocycles. The summed E-state index contributed by atoms with van der Waals surface area (Å²) in [6.45, 7) is 0.648. The Bertz CT molecular complexity index is 475. The van der Waals surface area contributed by atoms with E-state index in [0.717, 1.165) is 18.2 Å². The first kappa shape index (κ1) is 12.7. The van der Waals surface area contributed by atoms with Crippen LogP contribution in [-0.2, 0) is 9.59 Å². The lowest BCUT2D eigenvalue weighted by Gasteiger charge is -2.24. The van der Waals surface area contributed by atoms with Crippen molar-refractivity contribution in [2.75, 3.05) is 18.0 Å². The van der Waals surface area contributed by atoms with Crippen LogP contribution in [0.5, 0.6) is 0 Å². The first-order chi connectivity index (χ1) is 8.59. The Hall–Kier alpha value is -1.77. The number of nitrogens with one attached hydrogen (secondary N) is 1. The van der Waals surface area contributed by atoms with Gasteiger partial charge in [0.2, 0.25) is 11.9 Å². The van der Waals surface area contributed by atoms with Crippen molar-refractivity contribution in [1.82, 2.24) is 20.1 Å². The average molecular weight is 271 g/mol. The lowest BCUT2D eigenvalue weighted by molar-refractivity contribution is -0.134. The quantitative estimate of drug-likeness (QED) is 0.630. The van der Waals surface area contributed by atoms with E-state index in [0.29, 0.717) is 18.1 Å². The number of nitrogens with two attached hydrogens (primary N) is 1. The number of aromatic nitrogens is 3. The van der Waals surface area contributed by atoms with Crippen molar-refractivity contribution in [2.45, 2.75) is 24.0 Å². The number of aliphatic carboxylic acids is 1. The second-order valence-electron chi connectivity index (χ2n) is 3.84. The third-order valence-electron chi connectivity index (χ3n) is 2.58. The molecule has 0 bridgehead atoms. The molecule has 8 nitrogen and oxygen atoms in total. The predicted octanol–water partition coefficient (Wildman–Crippen LogP) is -0.512. The summed E-state index contributed by atoms with van der Waals surface area (Å²) in [6, 6.07) is -0.454. The van der Waals surface area contributed by atoms with Crippen LogP contribution in [0.3, 0.4) is 0 Å². The van der Waals surface area contributed by atoms with Crippen molar-refractivity contribution >= 4 is 29.6 Å². The molecule has 1 saturated heterocycles. The van der Waals surface area contributed by atoms with E-state index in [1.807, 2.05) is 0 Å². The molecule has 0 spiro atoms. The van der Waals surface area contributed by atoms with Gasteiger partial charge in [0.25, 0.3) is 0 Å². The van der Waals surface area contributed by atoms with Gasteiger partial charge in [0.15, 0.2) is 5.16 Å². The van der Waals surface area contributed by atoms with Gasteiger partial charge in [-0.25, -0.2) is 0 Å². The number of piperidine rings is 1. The highest BCUT2D eigenvalue weighted by Gasteiger charge is 2.28. The van der Waals surface area contributed by atoms with Gasteiger partial charge >= 0.3 is 5.97 Å². The third kappa shape index (κ3) is 2.55. The van der Waals surface area contributed by atoms with Crippen LogP contribution in [0.4, 0.5) is 5.95 Å². The van der Waals surface area contributed by atoms with Gasteiger partial charge in [-0.2, -0.15) is 0 Å². The van der Waals surface area contributed by atoms with Gasteiger partial charge in [0.05, 0.1) is 5.75 Å². The highest BCUT2D eigenvalue weighted by atomic mass is 32.2. The zero-order valence-electron chi connectivity index (χ0n) is 9.50. The fourth-order valence-electron chi connectivity index (χ4n) is 1.81. The number of amides is 1. The van der Waals surface area contributed by atoms with Crippen LogP contribution in [-0.4, -0.2) is 44.0 Å². The molecule has 98 valence electrons. The Balaban J connectivity index is 2.22. The molecule has 1 aromatic rings. The zero-order valence-corrected chi connectivity index (χ0v) is 10.3. The van der Waals surface area contributed by atoms with Gasteiger partial charge in [0, 0.05) is 6.54 Å². The smallest absolute Gasteiger partial charge is 0.313 e. The summed E-state index contributed by atoms with van der Waals surface area (Å²) < 4.78 is 1.50. The van der Waals surface area contributed by atoms with Crippen LogP contribution in [0.25, 0.3) is 0 Å². The SMILES string of the molecule is Nc1nnc(SCC(=O)O)n1C1CCCNC1=O. The first-order valence-corrected chi connectivity index (χ1v) is 6.41. The monoisotopic (exact) mass is 271 g/mol. The normalized spacial score (nSPS) is 19.6. The molecule has 0 radical (unpaired) electrons. The number of carboxylic acid groups (broad SMARTS) is 1. The van der Waals surface area contributed by atoms with Crippen LogP contribution in [0.2, 0.25) is 0 Å². The summed E-state index contributed by atoms with van der Waals surface area (Å²) in [7, 11) is 0. The maximum atomic E-state index is 11.8. The Morgan fingerprint density at radius 2 is 2.39 bits per heavy atom. The van der Waals surface area contributed by atoms with Crippen molar-refractivity contribution in [1.29, 1.82) is 0 Å². The van der Waals surface area contributed by atoms with Gasteiger partial charge in [-0.3, -0.25) is 14.2 Å². The Kier molecular flexibility index (Phi) is 3.70. The number of hydrogen-bond donors (Lipinski definition) is 3. The maximum absolute atomic E-state index is 11.8. The molecular formula is C9H13N5O3S. The topological polar surface area (TPSA) is 123 Å². The molecule has 2 rings (SSSR count). The van der Waals surface area contributed by atoms with Gasteiger partial charge in [-0.05, 0) is 12.8 Å². The van der Waals surface area contributed by atoms with Crippen molar-refractivity contribution < 1.29 is 14.7 Å². The number of carbonyl (C=O) groups is 2. The van der Waals surface area contributed by atoms with Gasteiger partial charge in [-0.1, -0.05) is 11.8 Å². The predicted molar refractivity (Wildman–Crippen MR) is 64.1 cm³/mol. The Morgan fingerprint density at radius 3 is 3.06 bits per heavy atom. The molecule has 1 atom stereocenters. The van der Waals surface area contributed by atoms with Gasteiger partial charge < -0.3 is 16.2 Å². The minimum atomic E-state index is -0.957.